The summed E-state index contributed by atoms with van der Waals surface area (Å²) >= 11 is 0. The molecule has 2 aromatic carbocycles. The third kappa shape index (κ3) is 2.98. The van der Waals surface area contributed by atoms with E-state index in [0.717, 1.165) is 27.4 Å². The van der Waals surface area contributed by atoms with Crippen LogP contribution in [0, 0.1) is 6.92 Å². The minimum Gasteiger partial charge on any atom is -0.302 e. The van der Waals surface area contributed by atoms with E-state index in [1.165, 1.54) is 11.8 Å². The van der Waals surface area contributed by atoms with E-state index in [4.69, 9.17) is 4.99 Å². The van der Waals surface area contributed by atoms with Crippen LogP contribution in [-0.2, 0) is 9.59 Å². The van der Waals surface area contributed by atoms with Gasteiger partial charge < -0.3 is 4.90 Å². The van der Waals surface area contributed by atoms with E-state index in [-0.39, 0.29) is 12.3 Å². The van der Waals surface area contributed by atoms with Gasteiger partial charge in [-0.3, -0.25) is 24.3 Å². The molecule has 8 heteroatoms. The summed E-state index contributed by atoms with van der Waals surface area (Å²) in [5.74, 6) is -0.0788. The highest BCUT2D eigenvalue weighted by Crippen LogP contribution is 2.40. The number of nitrogens with zero attached hydrogens (tertiary/aromatic N) is 5. The summed E-state index contributed by atoms with van der Waals surface area (Å²) in [5.41, 5.74) is 3.89. The van der Waals surface area contributed by atoms with Crippen molar-refractivity contribution >= 4 is 35.1 Å². The maximum atomic E-state index is 13.3. The molecule has 0 aliphatic carbocycles. The average Bonchev–Trinajstić information content (AvgIpc) is 3.32. The maximum Gasteiger partial charge on any atom is 0.328 e. The van der Waals surface area contributed by atoms with Crippen LogP contribution in [0.15, 0.2) is 65.8 Å². The summed E-state index contributed by atoms with van der Waals surface area (Å²) in [7, 11) is 1.62. The zero-order valence-electron chi connectivity index (χ0n) is 18.1. The molecule has 0 spiro atoms. The lowest BCUT2D eigenvalue weighted by atomic mass is 10.1. The largest absolute Gasteiger partial charge is 0.328 e. The van der Waals surface area contributed by atoms with Crippen molar-refractivity contribution in [1.82, 2.24) is 14.7 Å². The first-order valence-corrected chi connectivity index (χ1v) is 10.4. The molecule has 3 aliphatic heterocycles. The van der Waals surface area contributed by atoms with Crippen molar-refractivity contribution in [3.8, 4) is 0 Å². The Morgan fingerprint density at radius 3 is 2.50 bits per heavy atom. The Morgan fingerprint density at radius 2 is 1.81 bits per heavy atom. The van der Waals surface area contributed by atoms with Crippen LogP contribution in [0.2, 0.25) is 0 Å². The Bertz CT molecular complexity index is 1190. The third-order valence-electron chi connectivity index (χ3n) is 5.92. The van der Waals surface area contributed by atoms with Gasteiger partial charge in [0.1, 0.15) is 5.78 Å². The van der Waals surface area contributed by atoms with Crippen LogP contribution in [0.4, 0.5) is 10.5 Å². The number of imide groups is 1. The molecule has 162 valence electrons. The fraction of sp³-hybridized carbons (Fsp3) is 0.250. The Morgan fingerprint density at radius 1 is 1.06 bits per heavy atom. The Balaban J connectivity index is 1.62. The molecular weight excluding hydrogens is 406 g/mol. The second kappa shape index (κ2) is 7.33. The lowest BCUT2D eigenvalue weighted by Gasteiger charge is -2.39. The molecule has 2 aromatic rings. The molecule has 0 N–H and O–H groups in total. The molecule has 8 nitrogen and oxygen atoms in total. The number of guanidine groups is 1. The minimum atomic E-state index is -0.722. The normalized spacial score (nSPS) is 22.1. The number of aliphatic imine (C=N–C) groups is 1. The first-order valence-electron chi connectivity index (χ1n) is 10.4. The van der Waals surface area contributed by atoms with Gasteiger partial charge in [-0.2, -0.15) is 0 Å². The third-order valence-corrected chi connectivity index (χ3v) is 5.92. The first-order chi connectivity index (χ1) is 15.4. The van der Waals surface area contributed by atoms with Crippen LogP contribution < -0.4 is 4.90 Å². The molecule has 2 unspecified atom stereocenters. The first kappa shape index (κ1) is 20.0. The predicted molar refractivity (Wildman–Crippen MR) is 120 cm³/mol. The molecular formula is C24H23N5O3. The van der Waals surface area contributed by atoms with E-state index in [0.29, 0.717) is 5.96 Å². The number of likely N-dealkylation sites (N-methyl/N-ethyl adjacent to an activating group) is 1. The van der Waals surface area contributed by atoms with Crippen LogP contribution in [0.1, 0.15) is 18.1 Å². The topological polar surface area (TPSA) is 76.5 Å². The molecule has 3 heterocycles. The number of urea groups is 1. The average molecular weight is 429 g/mol. The lowest BCUT2D eigenvalue weighted by molar-refractivity contribution is -0.139. The molecule has 3 aliphatic rings. The number of benzene rings is 2. The zero-order chi connectivity index (χ0) is 22.6. The highest BCUT2D eigenvalue weighted by atomic mass is 16.2. The van der Waals surface area contributed by atoms with Crippen molar-refractivity contribution in [1.29, 1.82) is 0 Å². The second-order valence-corrected chi connectivity index (χ2v) is 8.27. The van der Waals surface area contributed by atoms with Gasteiger partial charge in [-0.15, -0.1) is 0 Å². The standard InChI is InChI=1S/C24H23N5O3/c1-15-8-7-11-18(12-15)29-19(17-9-5-4-6-10-17)14-27-20-21(25-23(27)29)26(3)24(32)28(22(20)31)13-16(2)30/h4-12,14,20-21H,13H2,1-3H3. The van der Waals surface area contributed by atoms with Gasteiger partial charge in [-0.1, -0.05) is 42.5 Å². The molecule has 0 saturated carbocycles. The molecule has 3 amide bonds. The maximum absolute atomic E-state index is 13.3. The van der Waals surface area contributed by atoms with Gasteiger partial charge in [-0.25, -0.2) is 9.79 Å². The number of carbonyl (C=O) groups is 3. The molecule has 2 atom stereocenters. The fourth-order valence-corrected chi connectivity index (χ4v) is 4.44. The van der Waals surface area contributed by atoms with Crippen molar-refractivity contribution in [3.63, 3.8) is 0 Å². The summed E-state index contributed by atoms with van der Waals surface area (Å²) in [5, 5.41) is 0. The number of anilines is 1. The van der Waals surface area contributed by atoms with Gasteiger partial charge in [0, 0.05) is 24.5 Å². The predicted octanol–water partition coefficient (Wildman–Crippen LogP) is 2.66. The number of rotatable bonds is 4. The van der Waals surface area contributed by atoms with Crippen molar-refractivity contribution in [2.24, 2.45) is 4.99 Å². The number of carbonyl (C=O) groups excluding carboxylic acids is 3. The number of ketones is 1. The van der Waals surface area contributed by atoms with Crippen molar-refractivity contribution in [3.05, 3.63) is 71.9 Å². The summed E-state index contributed by atoms with van der Waals surface area (Å²) in [6, 6.07) is 16.7. The van der Waals surface area contributed by atoms with Gasteiger partial charge in [0.15, 0.2) is 12.2 Å². The summed E-state index contributed by atoms with van der Waals surface area (Å²) < 4.78 is 0. The Hall–Kier alpha value is -3.94. The number of hydrogen-bond donors (Lipinski definition) is 0. The highest BCUT2D eigenvalue weighted by Gasteiger charge is 2.55. The molecule has 5 rings (SSSR count). The van der Waals surface area contributed by atoms with Crippen molar-refractivity contribution in [2.75, 3.05) is 18.5 Å². The van der Waals surface area contributed by atoms with Gasteiger partial charge in [0.05, 0.1) is 12.2 Å². The van der Waals surface area contributed by atoms with Crippen LogP contribution in [0.5, 0.6) is 0 Å². The van der Waals surface area contributed by atoms with E-state index in [1.54, 1.807) is 7.05 Å². The number of amides is 3. The van der Waals surface area contributed by atoms with Gasteiger partial charge in [0.25, 0.3) is 5.91 Å². The minimum absolute atomic E-state index is 0.245. The van der Waals surface area contributed by atoms with E-state index >= 15 is 0 Å². The summed E-state index contributed by atoms with van der Waals surface area (Å²) in [4.78, 5) is 48.9. The number of Topliss-reactive ketones (excluding diaryl/α,β-unsaturated/α-hetero) is 1. The van der Waals surface area contributed by atoms with Crippen LogP contribution in [0.3, 0.4) is 0 Å². The van der Waals surface area contributed by atoms with Gasteiger partial charge in [-0.05, 0) is 31.5 Å². The number of hydrogen-bond acceptors (Lipinski definition) is 6. The van der Waals surface area contributed by atoms with E-state index in [1.807, 2.05) is 71.5 Å². The molecule has 1 fully saturated rings. The molecule has 32 heavy (non-hydrogen) atoms. The number of aryl methyl sites for hydroxylation is 1. The zero-order valence-corrected chi connectivity index (χ0v) is 18.1. The highest BCUT2D eigenvalue weighted by molar-refractivity contribution is 6.16. The fourth-order valence-electron chi connectivity index (χ4n) is 4.44. The second-order valence-electron chi connectivity index (χ2n) is 8.27. The van der Waals surface area contributed by atoms with Crippen LogP contribution >= 0.6 is 0 Å². The Labute approximate surface area is 186 Å². The van der Waals surface area contributed by atoms with E-state index < -0.39 is 24.1 Å². The van der Waals surface area contributed by atoms with E-state index in [2.05, 4.69) is 6.07 Å². The van der Waals surface area contributed by atoms with Gasteiger partial charge >= 0.3 is 6.03 Å². The molecule has 0 aromatic heterocycles. The van der Waals surface area contributed by atoms with Gasteiger partial charge in [0.2, 0.25) is 5.96 Å². The van der Waals surface area contributed by atoms with Crippen LogP contribution in [-0.4, -0.2) is 64.2 Å². The summed E-state index contributed by atoms with van der Waals surface area (Å²) in [6.45, 7) is 3.15. The van der Waals surface area contributed by atoms with Crippen LogP contribution in [0.25, 0.3) is 5.70 Å². The van der Waals surface area contributed by atoms with Crippen molar-refractivity contribution in [2.45, 2.75) is 26.1 Å². The molecule has 1 saturated heterocycles. The Kier molecular flexibility index (Phi) is 4.58. The SMILES string of the molecule is CC(=O)CN1C(=O)C2C(N=C3N(c4cccc(C)c4)C(c4ccccc4)=CN32)N(C)C1=O. The smallest absolute Gasteiger partial charge is 0.302 e. The monoisotopic (exact) mass is 429 g/mol. The van der Waals surface area contributed by atoms with E-state index in [9.17, 15) is 14.4 Å². The quantitative estimate of drug-likeness (QED) is 0.747. The number of fused-ring (bicyclic) bond motifs is 3. The van der Waals surface area contributed by atoms with Crippen molar-refractivity contribution < 1.29 is 14.4 Å². The molecule has 0 bridgehead atoms. The summed E-state index contributed by atoms with van der Waals surface area (Å²) in [6.07, 6.45) is 1.25. The molecule has 0 radical (unpaired) electrons. The lowest BCUT2D eigenvalue weighted by Crippen LogP contribution is -2.64.